The third-order valence-electron chi connectivity index (χ3n) is 9.99. The Bertz CT molecular complexity index is 1060. The predicted molar refractivity (Wildman–Crippen MR) is 151 cm³/mol. The van der Waals surface area contributed by atoms with E-state index in [0.29, 0.717) is 17.5 Å². The standard InChI is InChI=1S/C32H45N5/c1-4-6-12-28-16-29(35-31(34-28)27-10-8-7-9-11-27)17-30(23(3)5-2)36-21-33-37(22-36)32-18-24-13-25(19-32)15-26(14-24)20-32/h7-11,16,21,23-26,30H,4-6,12-15,17-20,22H2,1-3H3/t23-,24?,25?,26?,30+,32?/m0/s1. The second kappa shape index (κ2) is 10.4. The van der Waals surface area contributed by atoms with Crippen molar-refractivity contribution in [2.75, 3.05) is 6.67 Å². The zero-order valence-corrected chi connectivity index (χ0v) is 23.1. The highest BCUT2D eigenvalue weighted by Crippen LogP contribution is 2.58. The Morgan fingerprint density at radius 3 is 2.27 bits per heavy atom. The summed E-state index contributed by atoms with van der Waals surface area (Å²) in [5, 5.41) is 7.63. The lowest BCUT2D eigenvalue weighted by molar-refractivity contribution is -0.0941. The molecule has 1 aromatic carbocycles. The molecular formula is C32H45N5. The lowest BCUT2D eigenvalue weighted by atomic mass is 9.53. The van der Waals surface area contributed by atoms with E-state index in [1.807, 2.05) is 0 Å². The van der Waals surface area contributed by atoms with Crippen molar-refractivity contribution in [3.05, 3.63) is 47.8 Å². The van der Waals surface area contributed by atoms with Crippen LogP contribution in [0.25, 0.3) is 11.4 Å². The average molecular weight is 500 g/mol. The fraction of sp³-hybridized carbons (Fsp3) is 0.656. The van der Waals surface area contributed by atoms with Crippen LogP contribution in [0.2, 0.25) is 0 Å². The highest BCUT2D eigenvalue weighted by molar-refractivity contribution is 5.57. The van der Waals surface area contributed by atoms with Crippen LogP contribution in [0.4, 0.5) is 0 Å². The summed E-state index contributed by atoms with van der Waals surface area (Å²) in [5.74, 6) is 4.27. The highest BCUT2D eigenvalue weighted by atomic mass is 15.6. The molecule has 0 spiro atoms. The van der Waals surface area contributed by atoms with Gasteiger partial charge in [0.05, 0.1) is 5.54 Å². The van der Waals surface area contributed by atoms with Crippen molar-refractivity contribution in [1.82, 2.24) is 19.9 Å². The Hall–Kier alpha value is -2.43. The van der Waals surface area contributed by atoms with Gasteiger partial charge in [0.1, 0.15) is 13.0 Å². The molecule has 2 atom stereocenters. The van der Waals surface area contributed by atoms with Gasteiger partial charge in [0.15, 0.2) is 5.82 Å². The molecule has 2 heterocycles. The smallest absolute Gasteiger partial charge is 0.159 e. The second-order valence-corrected chi connectivity index (χ2v) is 12.7. The summed E-state index contributed by atoms with van der Waals surface area (Å²) in [7, 11) is 0. The van der Waals surface area contributed by atoms with Gasteiger partial charge in [0.2, 0.25) is 0 Å². The van der Waals surface area contributed by atoms with Crippen molar-refractivity contribution < 1.29 is 0 Å². The molecule has 198 valence electrons. The van der Waals surface area contributed by atoms with Gasteiger partial charge in [-0.3, -0.25) is 5.01 Å². The van der Waals surface area contributed by atoms with Crippen LogP contribution in [0, 0.1) is 23.7 Å². The number of hydrogen-bond donors (Lipinski definition) is 0. The first kappa shape index (κ1) is 24.9. The number of benzene rings is 1. The second-order valence-electron chi connectivity index (χ2n) is 12.7. The first-order chi connectivity index (χ1) is 18.0. The maximum Gasteiger partial charge on any atom is 0.159 e. The van der Waals surface area contributed by atoms with Crippen molar-refractivity contribution >= 4 is 6.34 Å². The Morgan fingerprint density at radius 1 is 0.946 bits per heavy atom. The van der Waals surface area contributed by atoms with Crippen LogP contribution < -0.4 is 0 Å². The summed E-state index contributed by atoms with van der Waals surface area (Å²) < 4.78 is 0. The van der Waals surface area contributed by atoms with Crippen LogP contribution >= 0.6 is 0 Å². The lowest BCUT2D eigenvalue weighted by Gasteiger charge is -2.59. The number of hydrazone groups is 1. The van der Waals surface area contributed by atoms with Gasteiger partial charge in [-0.1, -0.05) is 63.9 Å². The maximum absolute atomic E-state index is 5.12. The normalized spacial score (nSPS) is 29.8. The SMILES string of the molecule is CCCCc1cc(C[C@H]([C@@H](C)CC)N2C=NN(C34CC5CC(CC(C5)C3)C4)C2)nc(-c2ccccc2)n1. The zero-order chi connectivity index (χ0) is 25.4. The van der Waals surface area contributed by atoms with Gasteiger partial charge in [0.25, 0.3) is 0 Å². The van der Waals surface area contributed by atoms with Crippen molar-refractivity contribution in [2.45, 2.75) is 103 Å². The summed E-state index contributed by atoms with van der Waals surface area (Å²) >= 11 is 0. The number of aromatic nitrogens is 2. The molecule has 4 fully saturated rings. The Morgan fingerprint density at radius 2 is 1.62 bits per heavy atom. The van der Waals surface area contributed by atoms with Crippen LogP contribution in [0.3, 0.4) is 0 Å². The van der Waals surface area contributed by atoms with E-state index in [-0.39, 0.29) is 0 Å². The van der Waals surface area contributed by atoms with Gasteiger partial charge in [-0.05, 0) is 81.1 Å². The summed E-state index contributed by atoms with van der Waals surface area (Å²) in [4.78, 5) is 12.6. The average Bonchev–Trinajstić information content (AvgIpc) is 3.41. The number of unbranched alkanes of at least 4 members (excludes halogenated alkanes) is 1. The summed E-state index contributed by atoms with van der Waals surface area (Å²) in [6, 6.07) is 13.2. The van der Waals surface area contributed by atoms with Crippen LogP contribution in [0.1, 0.15) is 89.9 Å². The molecule has 0 unspecified atom stereocenters. The summed E-state index contributed by atoms with van der Waals surface area (Å²) in [6.45, 7) is 7.93. The van der Waals surface area contributed by atoms with Gasteiger partial charge >= 0.3 is 0 Å². The minimum absolute atomic E-state index is 0.322. The van der Waals surface area contributed by atoms with E-state index in [2.05, 4.69) is 73.4 Å². The largest absolute Gasteiger partial charge is 0.338 e. The van der Waals surface area contributed by atoms with E-state index in [0.717, 1.165) is 61.5 Å². The molecule has 4 saturated carbocycles. The Kier molecular flexibility index (Phi) is 6.98. The Balaban J connectivity index is 1.23. The minimum atomic E-state index is 0.322. The minimum Gasteiger partial charge on any atom is -0.338 e. The maximum atomic E-state index is 5.12. The van der Waals surface area contributed by atoms with E-state index in [1.165, 1.54) is 56.3 Å². The first-order valence-corrected chi connectivity index (χ1v) is 15.0. The van der Waals surface area contributed by atoms with E-state index >= 15 is 0 Å². The van der Waals surface area contributed by atoms with Crippen LogP contribution in [0.5, 0.6) is 0 Å². The molecule has 4 bridgehead atoms. The molecule has 5 aliphatic rings. The van der Waals surface area contributed by atoms with E-state index in [4.69, 9.17) is 15.1 Å². The van der Waals surface area contributed by atoms with E-state index in [9.17, 15) is 0 Å². The van der Waals surface area contributed by atoms with Gasteiger partial charge in [-0.15, -0.1) is 0 Å². The number of aryl methyl sites for hydroxylation is 1. The molecule has 7 rings (SSSR count). The van der Waals surface area contributed by atoms with Crippen molar-refractivity contribution in [2.24, 2.45) is 28.8 Å². The third kappa shape index (κ3) is 5.03. The molecule has 0 saturated heterocycles. The fourth-order valence-corrected chi connectivity index (χ4v) is 8.19. The third-order valence-corrected chi connectivity index (χ3v) is 9.99. The van der Waals surface area contributed by atoms with Gasteiger partial charge in [0, 0.05) is 29.4 Å². The molecule has 5 heteroatoms. The highest BCUT2D eigenvalue weighted by Gasteiger charge is 2.54. The molecule has 0 amide bonds. The van der Waals surface area contributed by atoms with Crippen molar-refractivity contribution in [3.63, 3.8) is 0 Å². The van der Waals surface area contributed by atoms with Gasteiger partial charge < -0.3 is 4.90 Å². The molecule has 2 aromatic rings. The number of hydrogen-bond acceptors (Lipinski definition) is 5. The molecule has 4 aliphatic carbocycles. The fourth-order valence-electron chi connectivity index (χ4n) is 8.19. The van der Waals surface area contributed by atoms with Gasteiger partial charge in [-0.25, -0.2) is 9.97 Å². The van der Waals surface area contributed by atoms with E-state index in [1.54, 1.807) is 0 Å². The topological polar surface area (TPSA) is 44.6 Å². The zero-order valence-electron chi connectivity index (χ0n) is 23.1. The van der Waals surface area contributed by atoms with Crippen LogP contribution in [-0.2, 0) is 12.8 Å². The number of nitrogens with zero attached hydrogens (tertiary/aromatic N) is 5. The predicted octanol–water partition coefficient (Wildman–Crippen LogP) is 6.93. The van der Waals surface area contributed by atoms with Crippen molar-refractivity contribution in [1.29, 1.82) is 0 Å². The molecule has 37 heavy (non-hydrogen) atoms. The summed E-state index contributed by atoms with van der Waals surface area (Å²) in [6.07, 6.45) is 16.2. The molecule has 0 N–H and O–H groups in total. The molecular weight excluding hydrogens is 454 g/mol. The van der Waals surface area contributed by atoms with E-state index < -0.39 is 0 Å². The first-order valence-electron chi connectivity index (χ1n) is 15.0. The molecule has 0 radical (unpaired) electrons. The van der Waals surface area contributed by atoms with Crippen molar-refractivity contribution in [3.8, 4) is 11.4 Å². The van der Waals surface area contributed by atoms with Gasteiger partial charge in [-0.2, -0.15) is 5.10 Å². The summed E-state index contributed by atoms with van der Waals surface area (Å²) in [5.41, 5.74) is 3.78. The lowest BCUT2D eigenvalue weighted by Crippen LogP contribution is -2.59. The molecule has 1 aliphatic heterocycles. The quantitative estimate of drug-likeness (QED) is 0.355. The van der Waals surface area contributed by atoms with Crippen LogP contribution in [-0.4, -0.2) is 44.5 Å². The van der Waals surface area contributed by atoms with Crippen LogP contribution in [0.15, 0.2) is 41.5 Å². The molecule has 5 nitrogen and oxygen atoms in total. The Labute approximate surface area is 223 Å². The monoisotopic (exact) mass is 499 g/mol. The molecule has 1 aromatic heterocycles. The number of rotatable bonds is 10.